The number of aliphatic imine (C=N–C) groups is 1. The van der Waals surface area contributed by atoms with E-state index >= 15 is 0 Å². The van der Waals surface area contributed by atoms with Crippen molar-refractivity contribution in [2.45, 2.75) is 24.7 Å². The molecule has 2 heteroatoms. The first-order valence-corrected chi connectivity index (χ1v) is 4.65. The topological polar surface area (TPSA) is 12.4 Å². The van der Waals surface area contributed by atoms with Gasteiger partial charge in [0.2, 0.25) is 0 Å². The lowest BCUT2D eigenvalue weighted by Crippen LogP contribution is -2.33. The van der Waals surface area contributed by atoms with Gasteiger partial charge >= 0.3 is 0 Å². The lowest BCUT2D eigenvalue weighted by Gasteiger charge is -2.36. The van der Waals surface area contributed by atoms with E-state index in [4.69, 9.17) is 0 Å². The number of rotatable bonds is 0. The SMILES string of the molecule is Fc1ccc2c(c1)N=CC21CCC1. The molecule has 0 N–H and O–H groups in total. The van der Waals surface area contributed by atoms with Crippen molar-refractivity contribution in [2.24, 2.45) is 4.99 Å². The molecule has 13 heavy (non-hydrogen) atoms. The number of benzene rings is 1. The Balaban J connectivity index is 2.16. The maximum absolute atomic E-state index is 12.9. The maximum Gasteiger partial charge on any atom is 0.125 e. The fourth-order valence-electron chi connectivity index (χ4n) is 2.25. The van der Waals surface area contributed by atoms with Gasteiger partial charge in [-0.3, -0.25) is 4.99 Å². The highest BCUT2D eigenvalue weighted by Gasteiger charge is 2.41. The summed E-state index contributed by atoms with van der Waals surface area (Å²) in [5, 5.41) is 0. The van der Waals surface area contributed by atoms with E-state index in [2.05, 4.69) is 4.99 Å². The summed E-state index contributed by atoms with van der Waals surface area (Å²) in [5.41, 5.74) is 2.24. The van der Waals surface area contributed by atoms with Crippen molar-refractivity contribution in [1.29, 1.82) is 0 Å². The monoisotopic (exact) mass is 175 g/mol. The van der Waals surface area contributed by atoms with E-state index < -0.39 is 0 Å². The zero-order valence-electron chi connectivity index (χ0n) is 7.26. The quantitative estimate of drug-likeness (QED) is 0.574. The summed E-state index contributed by atoms with van der Waals surface area (Å²) in [7, 11) is 0. The Morgan fingerprint density at radius 2 is 2.15 bits per heavy atom. The average molecular weight is 175 g/mol. The fourth-order valence-corrected chi connectivity index (χ4v) is 2.25. The minimum absolute atomic E-state index is 0.184. The first-order valence-electron chi connectivity index (χ1n) is 4.65. The Kier molecular flexibility index (Phi) is 1.22. The summed E-state index contributed by atoms with van der Waals surface area (Å²) in [6, 6.07) is 4.95. The van der Waals surface area contributed by atoms with Crippen molar-refractivity contribution < 1.29 is 4.39 Å². The van der Waals surface area contributed by atoms with Gasteiger partial charge in [-0.25, -0.2) is 4.39 Å². The predicted octanol–water partition coefficient (Wildman–Crippen LogP) is 2.96. The van der Waals surface area contributed by atoms with E-state index in [1.54, 1.807) is 0 Å². The molecule has 1 aromatic carbocycles. The molecule has 0 amide bonds. The van der Waals surface area contributed by atoms with Crippen LogP contribution < -0.4 is 0 Å². The molecular formula is C11H10FN. The normalized spacial score (nSPS) is 21.6. The van der Waals surface area contributed by atoms with Gasteiger partial charge in [0.05, 0.1) is 5.69 Å². The van der Waals surface area contributed by atoms with Gasteiger partial charge in [0, 0.05) is 11.6 Å². The van der Waals surface area contributed by atoms with E-state index in [-0.39, 0.29) is 11.2 Å². The highest BCUT2D eigenvalue weighted by molar-refractivity contribution is 5.86. The molecule has 0 aromatic heterocycles. The van der Waals surface area contributed by atoms with Crippen LogP contribution in [-0.4, -0.2) is 6.21 Å². The van der Waals surface area contributed by atoms with Gasteiger partial charge in [0.15, 0.2) is 0 Å². The smallest absolute Gasteiger partial charge is 0.125 e. The first-order chi connectivity index (χ1) is 6.30. The molecule has 1 fully saturated rings. The molecule has 1 saturated carbocycles. The van der Waals surface area contributed by atoms with Crippen LogP contribution in [0.1, 0.15) is 24.8 Å². The highest BCUT2D eigenvalue weighted by Crippen LogP contribution is 2.49. The average Bonchev–Trinajstić information content (AvgIpc) is 2.41. The summed E-state index contributed by atoms with van der Waals surface area (Å²) in [6.45, 7) is 0. The van der Waals surface area contributed by atoms with Gasteiger partial charge in [-0.15, -0.1) is 0 Å². The number of nitrogens with zero attached hydrogens (tertiary/aromatic N) is 1. The first kappa shape index (κ1) is 7.25. The standard InChI is InChI=1S/C11H10FN/c12-8-2-3-9-10(6-8)13-7-11(9)4-1-5-11/h2-3,6-7H,1,4-5H2. The summed E-state index contributed by atoms with van der Waals surface area (Å²) < 4.78 is 12.9. The van der Waals surface area contributed by atoms with Crippen LogP contribution in [-0.2, 0) is 5.41 Å². The lowest BCUT2D eigenvalue weighted by molar-refractivity contribution is 0.353. The van der Waals surface area contributed by atoms with Gasteiger partial charge in [-0.1, -0.05) is 12.5 Å². The molecule has 1 spiro atoms. The third-order valence-electron chi connectivity index (χ3n) is 3.19. The second-order valence-corrected chi connectivity index (χ2v) is 3.93. The summed E-state index contributed by atoms with van der Waals surface area (Å²) >= 11 is 0. The predicted molar refractivity (Wildman–Crippen MR) is 50.1 cm³/mol. The van der Waals surface area contributed by atoms with Crippen LogP contribution in [0, 0.1) is 5.82 Å². The zero-order valence-corrected chi connectivity index (χ0v) is 7.26. The summed E-state index contributed by atoms with van der Waals surface area (Å²) in [4.78, 5) is 4.27. The van der Waals surface area contributed by atoms with E-state index in [1.807, 2.05) is 12.3 Å². The van der Waals surface area contributed by atoms with Gasteiger partial charge in [0.1, 0.15) is 5.82 Å². The van der Waals surface area contributed by atoms with Crippen molar-refractivity contribution in [2.75, 3.05) is 0 Å². The molecule has 0 saturated heterocycles. The minimum atomic E-state index is -0.188. The molecular weight excluding hydrogens is 165 g/mol. The van der Waals surface area contributed by atoms with E-state index in [0.717, 1.165) is 5.69 Å². The second-order valence-electron chi connectivity index (χ2n) is 3.93. The Morgan fingerprint density at radius 1 is 1.31 bits per heavy atom. The fraction of sp³-hybridized carbons (Fsp3) is 0.364. The van der Waals surface area contributed by atoms with Crippen molar-refractivity contribution in [1.82, 2.24) is 0 Å². The zero-order chi connectivity index (χ0) is 8.89. The van der Waals surface area contributed by atoms with Crippen LogP contribution in [0.5, 0.6) is 0 Å². The van der Waals surface area contributed by atoms with Crippen LogP contribution in [0.15, 0.2) is 23.2 Å². The minimum Gasteiger partial charge on any atom is -0.260 e. The molecule has 1 aliphatic heterocycles. The number of fused-ring (bicyclic) bond motifs is 2. The van der Waals surface area contributed by atoms with Crippen LogP contribution >= 0.6 is 0 Å². The van der Waals surface area contributed by atoms with Crippen molar-refractivity contribution in [3.8, 4) is 0 Å². The molecule has 0 unspecified atom stereocenters. The number of hydrogen-bond acceptors (Lipinski definition) is 1. The molecule has 0 bridgehead atoms. The Labute approximate surface area is 76.3 Å². The molecule has 1 aliphatic carbocycles. The van der Waals surface area contributed by atoms with Crippen LogP contribution in [0.2, 0.25) is 0 Å². The van der Waals surface area contributed by atoms with Gasteiger partial charge in [-0.2, -0.15) is 0 Å². The number of hydrogen-bond donors (Lipinski definition) is 0. The molecule has 0 atom stereocenters. The number of halogens is 1. The highest BCUT2D eigenvalue weighted by atomic mass is 19.1. The third kappa shape index (κ3) is 0.831. The van der Waals surface area contributed by atoms with Gasteiger partial charge < -0.3 is 0 Å². The van der Waals surface area contributed by atoms with Crippen LogP contribution in [0.3, 0.4) is 0 Å². The van der Waals surface area contributed by atoms with Crippen LogP contribution in [0.25, 0.3) is 0 Å². The van der Waals surface area contributed by atoms with Crippen molar-refractivity contribution in [3.63, 3.8) is 0 Å². The molecule has 1 heterocycles. The van der Waals surface area contributed by atoms with Crippen molar-refractivity contribution in [3.05, 3.63) is 29.6 Å². The Morgan fingerprint density at radius 3 is 2.85 bits per heavy atom. The Hall–Kier alpha value is -1.18. The summed E-state index contributed by atoms with van der Waals surface area (Å²) in [6.07, 6.45) is 5.62. The van der Waals surface area contributed by atoms with Gasteiger partial charge in [0.25, 0.3) is 0 Å². The maximum atomic E-state index is 12.9. The van der Waals surface area contributed by atoms with E-state index in [1.165, 1.54) is 37.0 Å². The van der Waals surface area contributed by atoms with Gasteiger partial charge in [-0.05, 0) is 30.5 Å². The Bertz CT molecular complexity index is 391. The molecule has 66 valence electrons. The van der Waals surface area contributed by atoms with E-state index in [9.17, 15) is 4.39 Å². The van der Waals surface area contributed by atoms with Crippen molar-refractivity contribution >= 4 is 11.9 Å². The molecule has 2 aliphatic rings. The molecule has 0 radical (unpaired) electrons. The summed E-state index contributed by atoms with van der Waals surface area (Å²) in [5.74, 6) is -0.188. The van der Waals surface area contributed by atoms with E-state index in [0.29, 0.717) is 0 Å². The molecule has 1 nitrogen and oxygen atoms in total. The molecule has 1 aromatic rings. The van der Waals surface area contributed by atoms with Crippen LogP contribution in [0.4, 0.5) is 10.1 Å². The lowest BCUT2D eigenvalue weighted by atomic mass is 9.66. The largest absolute Gasteiger partial charge is 0.260 e. The third-order valence-corrected chi connectivity index (χ3v) is 3.19. The second kappa shape index (κ2) is 2.19. The molecule has 3 rings (SSSR count).